The molecule has 0 aliphatic carbocycles. The Hall–Kier alpha value is -0.550. The van der Waals surface area contributed by atoms with E-state index in [2.05, 4.69) is 36.5 Å². The van der Waals surface area contributed by atoms with Gasteiger partial charge >= 0.3 is 0 Å². The molecule has 0 fully saturated rings. The molecule has 0 aromatic heterocycles. The summed E-state index contributed by atoms with van der Waals surface area (Å²) >= 11 is 1.66. The number of aliphatic hydroxyl groups excluding tert-OH is 1. The summed E-state index contributed by atoms with van der Waals surface area (Å²) in [6.45, 7) is 4.36. The van der Waals surface area contributed by atoms with Crippen LogP contribution >= 0.6 is 11.8 Å². The van der Waals surface area contributed by atoms with Crippen molar-refractivity contribution >= 4 is 11.8 Å². The van der Waals surface area contributed by atoms with Gasteiger partial charge in [-0.25, -0.2) is 0 Å². The highest BCUT2D eigenvalue weighted by molar-refractivity contribution is 7.99. The van der Waals surface area contributed by atoms with Gasteiger partial charge in [-0.15, -0.1) is 11.8 Å². The van der Waals surface area contributed by atoms with Crippen molar-refractivity contribution in [3.63, 3.8) is 0 Å². The molecule has 2 N–H and O–H groups in total. The Kier molecular flexibility index (Phi) is 7.28. The summed E-state index contributed by atoms with van der Waals surface area (Å²) in [5.74, 6) is 0.665. The first kappa shape index (κ1) is 14.5. The molecule has 1 rings (SSSR count). The molecule has 17 heavy (non-hydrogen) atoms. The number of hydrogen-bond donors (Lipinski definition) is 2. The molecule has 0 radical (unpaired) electrons. The Morgan fingerprint density at radius 3 is 3.00 bits per heavy atom. The van der Waals surface area contributed by atoms with Gasteiger partial charge in [-0.3, -0.25) is 0 Å². The average molecular weight is 255 g/mol. The molecule has 0 spiro atoms. The lowest BCUT2D eigenvalue weighted by atomic mass is 10.2. The lowest BCUT2D eigenvalue weighted by molar-refractivity contribution is 0.0794. The molecule has 4 heteroatoms. The van der Waals surface area contributed by atoms with Gasteiger partial charge in [0, 0.05) is 24.3 Å². The van der Waals surface area contributed by atoms with Crippen molar-refractivity contribution in [2.75, 3.05) is 26.0 Å². The van der Waals surface area contributed by atoms with E-state index in [1.54, 1.807) is 18.9 Å². The lowest BCUT2D eigenvalue weighted by Crippen LogP contribution is -2.16. The number of thioether (sulfide) groups is 1. The summed E-state index contributed by atoms with van der Waals surface area (Å²) < 4.78 is 4.90. The minimum Gasteiger partial charge on any atom is -0.390 e. The van der Waals surface area contributed by atoms with E-state index in [-0.39, 0.29) is 0 Å². The molecular weight excluding hydrogens is 234 g/mol. The van der Waals surface area contributed by atoms with E-state index in [0.29, 0.717) is 12.4 Å². The van der Waals surface area contributed by atoms with Crippen LogP contribution in [0, 0.1) is 0 Å². The fourth-order valence-electron chi connectivity index (χ4n) is 1.45. The maximum absolute atomic E-state index is 9.56. The Labute approximate surface area is 108 Å². The molecule has 96 valence electrons. The Morgan fingerprint density at radius 1 is 1.47 bits per heavy atom. The molecule has 3 nitrogen and oxygen atoms in total. The van der Waals surface area contributed by atoms with Crippen LogP contribution in [0.3, 0.4) is 0 Å². The zero-order chi connectivity index (χ0) is 12.5. The summed E-state index contributed by atoms with van der Waals surface area (Å²) in [6, 6.07) is 8.39. The molecule has 0 amide bonds. The van der Waals surface area contributed by atoms with Gasteiger partial charge in [-0.2, -0.15) is 0 Å². The first-order valence-electron chi connectivity index (χ1n) is 5.85. The Morgan fingerprint density at radius 2 is 2.29 bits per heavy atom. The largest absolute Gasteiger partial charge is 0.390 e. The summed E-state index contributed by atoms with van der Waals surface area (Å²) in [4.78, 5) is 1.19. The van der Waals surface area contributed by atoms with E-state index in [4.69, 9.17) is 4.74 Å². The lowest BCUT2D eigenvalue weighted by Gasteiger charge is -2.09. The van der Waals surface area contributed by atoms with Crippen LogP contribution in [0.15, 0.2) is 29.2 Å². The second kappa shape index (κ2) is 8.53. The predicted octanol–water partition coefficient (Wildman–Crippen LogP) is 1.90. The topological polar surface area (TPSA) is 41.5 Å². The molecule has 1 atom stereocenters. The zero-order valence-corrected chi connectivity index (χ0v) is 11.3. The normalized spacial score (nSPS) is 12.6. The van der Waals surface area contributed by atoms with Gasteiger partial charge in [-0.05, 0) is 24.2 Å². The van der Waals surface area contributed by atoms with Crippen LogP contribution in [0.4, 0.5) is 0 Å². The number of aliphatic hydroxyl groups is 1. The first-order chi connectivity index (χ1) is 8.26. The molecule has 1 aromatic carbocycles. The van der Waals surface area contributed by atoms with Gasteiger partial charge in [0.25, 0.3) is 0 Å². The van der Waals surface area contributed by atoms with Crippen LogP contribution in [0.2, 0.25) is 0 Å². The Balaban J connectivity index is 2.42. The van der Waals surface area contributed by atoms with E-state index in [0.717, 1.165) is 13.1 Å². The number of benzene rings is 1. The van der Waals surface area contributed by atoms with Crippen LogP contribution in [0.1, 0.15) is 12.5 Å². The van der Waals surface area contributed by atoms with Gasteiger partial charge in [0.1, 0.15) is 0 Å². The minimum atomic E-state index is -0.401. The van der Waals surface area contributed by atoms with Crippen molar-refractivity contribution < 1.29 is 9.84 Å². The summed E-state index contributed by atoms with van der Waals surface area (Å²) in [6.07, 6.45) is -0.401. The van der Waals surface area contributed by atoms with E-state index in [9.17, 15) is 5.11 Å². The molecule has 0 aliphatic heterocycles. The molecule has 0 aliphatic rings. The van der Waals surface area contributed by atoms with E-state index in [1.165, 1.54) is 10.5 Å². The van der Waals surface area contributed by atoms with Gasteiger partial charge in [0.05, 0.1) is 12.7 Å². The highest BCUT2D eigenvalue weighted by Gasteiger charge is 2.04. The summed E-state index contributed by atoms with van der Waals surface area (Å²) in [5.41, 5.74) is 1.28. The smallest absolute Gasteiger partial charge is 0.0867 e. The third-order valence-electron chi connectivity index (χ3n) is 2.28. The number of hydrogen-bond acceptors (Lipinski definition) is 4. The second-order valence-electron chi connectivity index (χ2n) is 3.85. The van der Waals surface area contributed by atoms with E-state index < -0.39 is 6.10 Å². The van der Waals surface area contributed by atoms with Gasteiger partial charge in [0.15, 0.2) is 0 Å². The third kappa shape index (κ3) is 6.07. The zero-order valence-electron chi connectivity index (χ0n) is 10.5. The number of nitrogens with one attached hydrogen (secondary N) is 1. The highest BCUT2D eigenvalue weighted by atomic mass is 32.2. The molecule has 1 unspecified atom stereocenters. The van der Waals surface area contributed by atoms with Crippen LogP contribution in [0.25, 0.3) is 0 Å². The molecule has 0 heterocycles. The van der Waals surface area contributed by atoms with Gasteiger partial charge < -0.3 is 15.2 Å². The Bertz CT molecular complexity index is 320. The minimum absolute atomic E-state index is 0.393. The number of methoxy groups -OCH3 is 1. The number of ether oxygens (including phenoxy) is 1. The van der Waals surface area contributed by atoms with Crippen molar-refractivity contribution in [1.82, 2.24) is 5.32 Å². The van der Waals surface area contributed by atoms with Crippen molar-refractivity contribution in [2.45, 2.75) is 24.5 Å². The van der Waals surface area contributed by atoms with Crippen molar-refractivity contribution in [2.24, 2.45) is 0 Å². The molecule has 0 saturated heterocycles. The molecule has 0 saturated carbocycles. The number of rotatable bonds is 8. The second-order valence-corrected chi connectivity index (χ2v) is 4.94. The van der Waals surface area contributed by atoms with Crippen molar-refractivity contribution in [1.29, 1.82) is 0 Å². The fraction of sp³-hybridized carbons (Fsp3) is 0.538. The molecule has 0 bridgehead atoms. The maximum atomic E-state index is 9.56. The first-order valence-corrected chi connectivity index (χ1v) is 6.84. The third-order valence-corrected chi connectivity index (χ3v) is 3.42. The van der Waals surface area contributed by atoms with Crippen molar-refractivity contribution in [3.05, 3.63) is 29.8 Å². The van der Waals surface area contributed by atoms with Crippen LogP contribution in [-0.4, -0.2) is 37.2 Å². The van der Waals surface area contributed by atoms with E-state index in [1.807, 2.05) is 0 Å². The SMILES string of the molecule is CCNCc1cccc(SCC(O)COC)c1. The van der Waals surface area contributed by atoms with Crippen LogP contribution < -0.4 is 5.32 Å². The average Bonchev–Trinajstić information content (AvgIpc) is 2.35. The van der Waals surface area contributed by atoms with Crippen LogP contribution in [0.5, 0.6) is 0 Å². The standard InChI is InChI=1S/C13H21NO2S/c1-3-14-8-11-5-4-6-13(7-11)17-10-12(15)9-16-2/h4-7,12,14-15H,3,8-10H2,1-2H3. The monoisotopic (exact) mass is 255 g/mol. The fourth-order valence-corrected chi connectivity index (χ4v) is 2.34. The van der Waals surface area contributed by atoms with Crippen LogP contribution in [-0.2, 0) is 11.3 Å². The molecular formula is C13H21NO2S. The van der Waals surface area contributed by atoms with Crippen molar-refractivity contribution in [3.8, 4) is 0 Å². The highest BCUT2D eigenvalue weighted by Crippen LogP contribution is 2.20. The summed E-state index contributed by atoms with van der Waals surface area (Å²) in [7, 11) is 1.60. The summed E-state index contributed by atoms with van der Waals surface area (Å²) in [5, 5.41) is 12.9. The molecule has 1 aromatic rings. The van der Waals surface area contributed by atoms with Gasteiger partial charge in [0.2, 0.25) is 0 Å². The van der Waals surface area contributed by atoms with E-state index >= 15 is 0 Å². The van der Waals surface area contributed by atoms with Gasteiger partial charge in [-0.1, -0.05) is 19.1 Å². The quantitative estimate of drug-likeness (QED) is 0.696. The maximum Gasteiger partial charge on any atom is 0.0867 e. The predicted molar refractivity (Wildman–Crippen MR) is 72.4 cm³/mol.